The molecule has 0 saturated carbocycles. The van der Waals surface area contributed by atoms with E-state index in [0.29, 0.717) is 6.42 Å². The van der Waals surface area contributed by atoms with Crippen LogP contribution in [0.2, 0.25) is 0 Å². The molecule has 8 nitrogen and oxygen atoms in total. The summed E-state index contributed by atoms with van der Waals surface area (Å²) in [6.45, 7) is 0.273. The second-order valence-electron chi connectivity index (χ2n) is 7.85. The van der Waals surface area contributed by atoms with Gasteiger partial charge >= 0.3 is 0 Å². The van der Waals surface area contributed by atoms with E-state index in [1.807, 2.05) is 0 Å². The third-order valence-corrected chi connectivity index (χ3v) is 6.64. The Morgan fingerprint density at radius 3 is 2.38 bits per heavy atom. The van der Waals surface area contributed by atoms with E-state index in [1.165, 1.54) is 4.90 Å². The number of hydrogen-bond donors (Lipinski definition) is 0. The standard InChI is InChI=1S/C20H21F3N4O4S/c1-32(29,30)15-9-24-20(25-10-15)26-4-2-16(17(23)11-26)19(28)27-18(3-5-31-27)12-6-13(21)8-14(22)7-12/h6-10,16-18H,2-5,11H2,1H3/t16-,17+,18?/m1/s1. The number of hydrogen-bond acceptors (Lipinski definition) is 7. The fraction of sp³-hybridized carbons (Fsp3) is 0.450. The van der Waals surface area contributed by atoms with E-state index >= 15 is 0 Å². The van der Waals surface area contributed by atoms with Gasteiger partial charge in [0.1, 0.15) is 22.7 Å². The normalized spacial score (nSPS) is 24.1. The van der Waals surface area contributed by atoms with Crippen LogP contribution in [-0.2, 0) is 19.5 Å². The van der Waals surface area contributed by atoms with E-state index < -0.39 is 45.5 Å². The molecule has 3 atom stereocenters. The van der Waals surface area contributed by atoms with Crippen molar-refractivity contribution in [3.63, 3.8) is 0 Å². The zero-order chi connectivity index (χ0) is 23.0. The fourth-order valence-electron chi connectivity index (χ4n) is 3.95. The van der Waals surface area contributed by atoms with E-state index in [-0.39, 0.29) is 42.5 Å². The topological polar surface area (TPSA) is 92.7 Å². The molecule has 0 aliphatic carbocycles. The number of benzene rings is 1. The lowest BCUT2D eigenvalue weighted by molar-refractivity contribution is -0.184. The summed E-state index contributed by atoms with van der Waals surface area (Å²) in [6, 6.07) is 2.30. The summed E-state index contributed by atoms with van der Waals surface area (Å²) in [7, 11) is -3.45. The molecule has 32 heavy (non-hydrogen) atoms. The van der Waals surface area contributed by atoms with Crippen molar-refractivity contribution in [2.45, 2.75) is 30.0 Å². The van der Waals surface area contributed by atoms with E-state index in [2.05, 4.69) is 9.97 Å². The van der Waals surface area contributed by atoms with Gasteiger partial charge in [0.25, 0.3) is 5.91 Å². The predicted molar refractivity (Wildman–Crippen MR) is 107 cm³/mol. The number of carbonyl (C=O) groups is 1. The first-order chi connectivity index (χ1) is 15.1. The van der Waals surface area contributed by atoms with Crippen LogP contribution >= 0.6 is 0 Å². The number of anilines is 1. The van der Waals surface area contributed by atoms with Crippen LogP contribution in [-0.4, -0.2) is 61.5 Å². The second-order valence-corrected chi connectivity index (χ2v) is 9.87. The van der Waals surface area contributed by atoms with Crippen molar-refractivity contribution in [2.75, 3.05) is 30.9 Å². The largest absolute Gasteiger partial charge is 0.338 e. The van der Waals surface area contributed by atoms with Gasteiger partial charge in [0.05, 0.1) is 37.5 Å². The second kappa shape index (κ2) is 8.66. The van der Waals surface area contributed by atoms with Crippen LogP contribution < -0.4 is 4.90 Å². The quantitative estimate of drug-likeness (QED) is 0.677. The number of rotatable bonds is 4. The molecule has 12 heteroatoms. The number of aromatic nitrogens is 2. The number of alkyl halides is 1. The highest BCUT2D eigenvalue weighted by molar-refractivity contribution is 7.90. The SMILES string of the molecule is CS(=O)(=O)c1cnc(N2CC[C@@H](C(=O)N3OCCC3c3cc(F)cc(F)c3)[C@@H](F)C2)nc1. The third-order valence-electron chi connectivity index (χ3n) is 5.58. The Morgan fingerprint density at radius 1 is 1.12 bits per heavy atom. The fourth-order valence-corrected chi connectivity index (χ4v) is 4.44. The molecule has 1 aromatic heterocycles. The average molecular weight is 470 g/mol. The summed E-state index contributed by atoms with van der Waals surface area (Å²) >= 11 is 0. The van der Waals surface area contributed by atoms with Gasteiger partial charge in [-0.25, -0.2) is 36.6 Å². The van der Waals surface area contributed by atoms with Gasteiger partial charge in [-0.05, 0) is 24.1 Å². The van der Waals surface area contributed by atoms with E-state index in [0.717, 1.165) is 41.9 Å². The van der Waals surface area contributed by atoms with E-state index in [9.17, 15) is 26.4 Å². The summed E-state index contributed by atoms with van der Waals surface area (Å²) in [6.07, 6.45) is 2.26. The van der Waals surface area contributed by atoms with Gasteiger partial charge in [-0.3, -0.25) is 9.63 Å². The number of amides is 1. The number of nitrogens with zero attached hydrogens (tertiary/aromatic N) is 4. The van der Waals surface area contributed by atoms with Crippen molar-refractivity contribution in [2.24, 2.45) is 5.92 Å². The minimum atomic E-state index is -3.45. The molecule has 0 radical (unpaired) electrons. The summed E-state index contributed by atoms with van der Waals surface area (Å²) in [5.41, 5.74) is 0.251. The van der Waals surface area contributed by atoms with Crippen LogP contribution in [0, 0.1) is 17.6 Å². The van der Waals surface area contributed by atoms with Crippen molar-refractivity contribution >= 4 is 21.7 Å². The van der Waals surface area contributed by atoms with Gasteiger partial charge < -0.3 is 4.90 Å². The Kier molecular flexibility index (Phi) is 6.08. The van der Waals surface area contributed by atoms with Crippen molar-refractivity contribution < 1.29 is 31.2 Å². The molecule has 0 spiro atoms. The minimum absolute atomic E-state index is 0.0471. The highest BCUT2D eigenvalue weighted by atomic mass is 32.2. The Bertz CT molecular complexity index is 1100. The highest BCUT2D eigenvalue weighted by Gasteiger charge is 2.42. The van der Waals surface area contributed by atoms with Crippen LogP contribution in [0.25, 0.3) is 0 Å². The molecule has 0 bridgehead atoms. The number of halogens is 3. The highest BCUT2D eigenvalue weighted by Crippen LogP contribution is 2.35. The van der Waals surface area contributed by atoms with Crippen LogP contribution in [0.1, 0.15) is 24.4 Å². The van der Waals surface area contributed by atoms with E-state index in [1.54, 1.807) is 0 Å². The van der Waals surface area contributed by atoms with Gasteiger partial charge in [0, 0.05) is 25.3 Å². The zero-order valence-electron chi connectivity index (χ0n) is 17.1. The molecule has 4 rings (SSSR count). The van der Waals surface area contributed by atoms with Crippen molar-refractivity contribution in [1.29, 1.82) is 0 Å². The van der Waals surface area contributed by atoms with Crippen molar-refractivity contribution in [1.82, 2.24) is 15.0 Å². The molecule has 1 unspecified atom stereocenters. The zero-order valence-corrected chi connectivity index (χ0v) is 17.9. The predicted octanol–water partition coefficient (Wildman–Crippen LogP) is 2.23. The van der Waals surface area contributed by atoms with Crippen LogP contribution in [0.15, 0.2) is 35.5 Å². The maximum Gasteiger partial charge on any atom is 0.252 e. The molecule has 0 N–H and O–H groups in total. The van der Waals surface area contributed by atoms with Crippen molar-refractivity contribution in [3.8, 4) is 0 Å². The van der Waals surface area contributed by atoms with Crippen LogP contribution in [0.5, 0.6) is 0 Å². The molecule has 2 fully saturated rings. The average Bonchev–Trinajstić information content (AvgIpc) is 3.22. The summed E-state index contributed by atoms with van der Waals surface area (Å²) in [4.78, 5) is 27.9. The van der Waals surface area contributed by atoms with Gasteiger partial charge in [-0.15, -0.1) is 0 Å². The number of sulfone groups is 1. The molecule has 2 saturated heterocycles. The lowest BCUT2D eigenvalue weighted by Crippen LogP contribution is -2.49. The molecule has 2 aliphatic heterocycles. The summed E-state index contributed by atoms with van der Waals surface area (Å²) < 4.78 is 65.3. The van der Waals surface area contributed by atoms with Gasteiger partial charge in [-0.2, -0.15) is 0 Å². The maximum atomic E-state index is 15.0. The minimum Gasteiger partial charge on any atom is -0.338 e. The molecule has 3 heterocycles. The van der Waals surface area contributed by atoms with E-state index in [4.69, 9.17) is 4.84 Å². The smallest absolute Gasteiger partial charge is 0.252 e. The Balaban J connectivity index is 1.45. The number of carbonyl (C=O) groups excluding carboxylic acids is 1. The molecule has 172 valence electrons. The molecule has 2 aromatic rings. The molecule has 1 aromatic carbocycles. The molecular weight excluding hydrogens is 449 g/mol. The lowest BCUT2D eigenvalue weighted by atomic mass is 9.93. The van der Waals surface area contributed by atoms with Crippen LogP contribution in [0.4, 0.5) is 19.1 Å². The van der Waals surface area contributed by atoms with Gasteiger partial charge in [0.2, 0.25) is 5.95 Å². The van der Waals surface area contributed by atoms with Crippen molar-refractivity contribution in [3.05, 3.63) is 47.8 Å². The number of hydroxylamine groups is 2. The lowest BCUT2D eigenvalue weighted by Gasteiger charge is -2.36. The Morgan fingerprint density at radius 2 is 1.78 bits per heavy atom. The van der Waals surface area contributed by atoms with Gasteiger partial charge in [-0.1, -0.05) is 0 Å². The van der Waals surface area contributed by atoms with Gasteiger partial charge in [0.15, 0.2) is 9.84 Å². The summed E-state index contributed by atoms with van der Waals surface area (Å²) in [5.74, 6) is -2.95. The molecular formula is C20H21F3N4O4S. The first kappa shape index (κ1) is 22.5. The Labute approximate surface area is 182 Å². The summed E-state index contributed by atoms with van der Waals surface area (Å²) in [5, 5.41) is 1.03. The molecule has 2 aliphatic rings. The third kappa shape index (κ3) is 4.56. The molecule has 1 amide bonds. The number of piperidine rings is 1. The first-order valence-electron chi connectivity index (χ1n) is 9.96. The Hall–Kier alpha value is -2.73. The van der Waals surface area contributed by atoms with Crippen LogP contribution in [0.3, 0.4) is 0 Å². The monoisotopic (exact) mass is 470 g/mol. The first-order valence-corrected chi connectivity index (χ1v) is 11.9. The maximum absolute atomic E-state index is 15.0.